The van der Waals surface area contributed by atoms with Gasteiger partial charge in [-0.2, -0.15) is 0 Å². The maximum atomic E-state index is 6.38. The van der Waals surface area contributed by atoms with E-state index < -0.39 is 0 Å². The Morgan fingerprint density at radius 1 is 1.42 bits per heavy atom. The van der Waals surface area contributed by atoms with Gasteiger partial charge >= 0.3 is 0 Å². The molecule has 0 unspecified atom stereocenters. The Kier molecular flexibility index (Phi) is 4.36. The van der Waals surface area contributed by atoms with Gasteiger partial charge in [-0.25, -0.2) is 0 Å². The average Bonchev–Trinajstić information content (AvgIpc) is 2.83. The first kappa shape index (κ1) is 14.6. The molecule has 2 nitrogen and oxygen atoms in total. The topological polar surface area (TPSA) is 29.3 Å². The quantitative estimate of drug-likeness (QED) is 0.852. The van der Waals surface area contributed by atoms with Gasteiger partial charge in [0.25, 0.3) is 0 Å². The summed E-state index contributed by atoms with van der Waals surface area (Å²) >= 11 is 11.4. The van der Waals surface area contributed by atoms with Crippen molar-refractivity contribution in [1.29, 1.82) is 0 Å². The molecule has 0 atom stereocenters. The van der Waals surface area contributed by atoms with Crippen LogP contribution in [-0.2, 0) is 0 Å². The van der Waals surface area contributed by atoms with Crippen LogP contribution < -0.4 is 10.6 Å². The van der Waals surface area contributed by atoms with Gasteiger partial charge in [0.15, 0.2) is 0 Å². The van der Waals surface area contributed by atoms with Gasteiger partial charge in [-0.3, -0.25) is 0 Å². The van der Waals surface area contributed by atoms with Crippen molar-refractivity contribution in [2.45, 2.75) is 33.1 Å². The SMILES string of the molecule is CCC1(CC)CCN(c2ccc(C(N)=S)cc2Cl)C1. The lowest BCUT2D eigenvalue weighted by Gasteiger charge is -2.27. The molecular weight excluding hydrogens is 276 g/mol. The van der Waals surface area contributed by atoms with Crippen LogP contribution in [0.2, 0.25) is 5.02 Å². The van der Waals surface area contributed by atoms with Crippen molar-refractivity contribution in [3.63, 3.8) is 0 Å². The van der Waals surface area contributed by atoms with Crippen molar-refractivity contribution in [3.05, 3.63) is 28.8 Å². The van der Waals surface area contributed by atoms with Crippen LogP contribution in [0, 0.1) is 5.41 Å². The molecule has 1 aromatic carbocycles. The van der Waals surface area contributed by atoms with E-state index in [0.717, 1.165) is 29.4 Å². The monoisotopic (exact) mass is 296 g/mol. The van der Waals surface area contributed by atoms with Crippen LogP contribution in [-0.4, -0.2) is 18.1 Å². The fourth-order valence-corrected chi connectivity index (χ4v) is 3.31. The van der Waals surface area contributed by atoms with Gasteiger partial charge < -0.3 is 10.6 Å². The molecule has 0 saturated carbocycles. The van der Waals surface area contributed by atoms with E-state index in [1.54, 1.807) is 0 Å². The predicted octanol–water partition coefficient (Wildman–Crippen LogP) is 3.99. The van der Waals surface area contributed by atoms with Crippen LogP contribution in [0.25, 0.3) is 0 Å². The first-order chi connectivity index (χ1) is 9.01. The minimum atomic E-state index is 0.395. The highest BCUT2D eigenvalue weighted by Gasteiger charge is 2.35. The Labute approximate surface area is 125 Å². The summed E-state index contributed by atoms with van der Waals surface area (Å²) in [6.07, 6.45) is 3.69. The van der Waals surface area contributed by atoms with Gasteiger partial charge in [-0.1, -0.05) is 37.7 Å². The summed E-state index contributed by atoms with van der Waals surface area (Å²) in [6, 6.07) is 5.87. The number of hydrogen-bond acceptors (Lipinski definition) is 2. The van der Waals surface area contributed by atoms with E-state index in [1.165, 1.54) is 19.3 Å². The van der Waals surface area contributed by atoms with E-state index >= 15 is 0 Å². The molecule has 0 aromatic heterocycles. The summed E-state index contributed by atoms with van der Waals surface area (Å²) in [5.74, 6) is 0. The second-order valence-electron chi connectivity index (χ2n) is 5.41. The molecule has 1 aromatic rings. The predicted molar refractivity (Wildman–Crippen MR) is 87.2 cm³/mol. The van der Waals surface area contributed by atoms with Crippen LogP contribution in [0.4, 0.5) is 5.69 Å². The van der Waals surface area contributed by atoms with Crippen LogP contribution in [0.15, 0.2) is 18.2 Å². The molecule has 19 heavy (non-hydrogen) atoms. The van der Waals surface area contributed by atoms with E-state index in [0.29, 0.717) is 10.4 Å². The van der Waals surface area contributed by atoms with E-state index in [1.807, 2.05) is 18.2 Å². The van der Waals surface area contributed by atoms with Gasteiger partial charge in [-0.05, 0) is 42.9 Å². The van der Waals surface area contributed by atoms with E-state index in [4.69, 9.17) is 29.6 Å². The summed E-state index contributed by atoms with van der Waals surface area (Å²) in [5.41, 5.74) is 8.02. The maximum Gasteiger partial charge on any atom is 0.104 e. The van der Waals surface area contributed by atoms with Gasteiger partial charge in [0.2, 0.25) is 0 Å². The van der Waals surface area contributed by atoms with Crippen molar-refractivity contribution in [1.82, 2.24) is 0 Å². The molecule has 0 aliphatic carbocycles. The van der Waals surface area contributed by atoms with Crippen LogP contribution >= 0.6 is 23.8 Å². The molecule has 4 heteroatoms. The summed E-state index contributed by atoms with van der Waals surface area (Å²) in [6.45, 7) is 6.73. The molecule has 104 valence electrons. The Bertz CT molecular complexity index is 483. The first-order valence-electron chi connectivity index (χ1n) is 6.85. The molecule has 1 aliphatic heterocycles. The third kappa shape index (κ3) is 2.87. The molecule has 2 rings (SSSR count). The fourth-order valence-electron chi connectivity index (χ4n) is 2.88. The number of nitrogens with zero attached hydrogens (tertiary/aromatic N) is 1. The van der Waals surface area contributed by atoms with Gasteiger partial charge in [0.1, 0.15) is 4.99 Å². The van der Waals surface area contributed by atoms with Crippen molar-refractivity contribution in [3.8, 4) is 0 Å². The molecule has 0 radical (unpaired) electrons. The van der Waals surface area contributed by atoms with E-state index in [-0.39, 0.29) is 0 Å². The second kappa shape index (κ2) is 5.68. The van der Waals surface area contributed by atoms with Crippen molar-refractivity contribution in [2.75, 3.05) is 18.0 Å². The molecule has 1 fully saturated rings. The Morgan fingerprint density at radius 3 is 2.58 bits per heavy atom. The fraction of sp³-hybridized carbons (Fsp3) is 0.533. The Hall–Kier alpha value is -0.800. The summed E-state index contributed by atoms with van der Waals surface area (Å²) in [5, 5.41) is 0.744. The number of anilines is 1. The molecule has 0 amide bonds. The maximum absolute atomic E-state index is 6.38. The Morgan fingerprint density at radius 2 is 2.11 bits per heavy atom. The molecule has 1 saturated heterocycles. The largest absolute Gasteiger partial charge is 0.389 e. The lowest BCUT2D eigenvalue weighted by atomic mass is 9.82. The molecule has 1 heterocycles. The zero-order valence-corrected chi connectivity index (χ0v) is 13.2. The second-order valence-corrected chi connectivity index (χ2v) is 6.26. The number of benzene rings is 1. The number of nitrogens with two attached hydrogens (primary N) is 1. The molecule has 0 bridgehead atoms. The number of thiocarbonyl (C=S) groups is 1. The minimum Gasteiger partial charge on any atom is -0.389 e. The summed E-state index contributed by atoms with van der Waals surface area (Å²) in [4.78, 5) is 2.78. The van der Waals surface area contributed by atoms with E-state index in [9.17, 15) is 0 Å². The average molecular weight is 297 g/mol. The molecule has 1 aliphatic rings. The van der Waals surface area contributed by atoms with Crippen molar-refractivity contribution < 1.29 is 0 Å². The standard InChI is InChI=1S/C15H21ClN2S/c1-3-15(4-2)7-8-18(10-15)13-6-5-11(14(17)19)9-12(13)16/h5-6,9H,3-4,7-8,10H2,1-2H3,(H2,17,19). The number of halogens is 1. The third-order valence-corrected chi connectivity index (χ3v) is 5.05. The summed E-state index contributed by atoms with van der Waals surface area (Å²) < 4.78 is 0. The zero-order valence-electron chi connectivity index (χ0n) is 11.6. The third-order valence-electron chi connectivity index (χ3n) is 4.51. The minimum absolute atomic E-state index is 0.395. The normalized spacial score (nSPS) is 17.7. The highest BCUT2D eigenvalue weighted by molar-refractivity contribution is 7.80. The van der Waals surface area contributed by atoms with Crippen molar-refractivity contribution >= 4 is 34.5 Å². The van der Waals surface area contributed by atoms with Crippen LogP contribution in [0.3, 0.4) is 0 Å². The smallest absolute Gasteiger partial charge is 0.104 e. The number of hydrogen-bond donors (Lipinski definition) is 1. The van der Waals surface area contributed by atoms with Crippen molar-refractivity contribution in [2.24, 2.45) is 11.1 Å². The Balaban J connectivity index is 2.22. The number of rotatable bonds is 4. The molecule has 0 spiro atoms. The lowest BCUT2D eigenvalue weighted by Crippen LogP contribution is -2.26. The zero-order chi connectivity index (χ0) is 14.0. The van der Waals surface area contributed by atoms with Gasteiger partial charge in [-0.15, -0.1) is 0 Å². The molecule has 2 N–H and O–H groups in total. The van der Waals surface area contributed by atoms with Gasteiger partial charge in [0, 0.05) is 18.7 Å². The highest BCUT2D eigenvalue weighted by atomic mass is 35.5. The molecular formula is C15H21ClN2S. The van der Waals surface area contributed by atoms with Crippen LogP contribution in [0.5, 0.6) is 0 Å². The van der Waals surface area contributed by atoms with Crippen LogP contribution in [0.1, 0.15) is 38.7 Å². The summed E-state index contributed by atoms with van der Waals surface area (Å²) in [7, 11) is 0. The first-order valence-corrected chi connectivity index (χ1v) is 7.64. The van der Waals surface area contributed by atoms with Gasteiger partial charge in [0.05, 0.1) is 10.7 Å². The highest BCUT2D eigenvalue weighted by Crippen LogP contribution is 2.40. The van der Waals surface area contributed by atoms with E-state index in [2.05, 4.69) is 18.7 Å². The lowest BCUT2D eigenvalue weighted by molar-refractivity contribution is 0.301.